The predicted molar refractivity (Wildman–Crippen MR) is 79.5 cm³/mol. The van der Waals surface area contributed by atoms with Crippen LogP contribution in [0.1, 0.15) is 29.2 Å². The lowest BCUT2D eigenvalue weighted by Gasteiger charge is -2.17. The monoisotopic (exact) mass is 277 g/mol. The topological polar surface area (TPSA) is 29.9 Å². The number of aryl methyl sites for hydroxylation is 3. The van der Waals surface area contributed by atoms with E-state index in [0.29, 0.717) is 6.04 Å². The Morgan fingerprint density at radius 3 is 2.79 bits per heavy atom. The number of nitrogens with one attached hydrogen (secondary N) is 1. The van der Waals surface area contributed by atoms with Crippen LogP contribution in [-0.4, -0.2) is 16.8 Å². The Morgan fingerprint density at radius 2 is 2.21 bits per heavy atom. The molecule has 0 saturated heterocycles. The second kappa shape index (κ2) is 6.22. The SMILES string of the molecule is CNC(CCc1cnn(C)c1)c1ccc(C)c(Cl)c1. The van der Waals surface area contributed by atoms with Crippen molar-refractivity contribution in [2.75, 3.05) is 7.05 Å². The fraction of sp³-hybridized carbons (Fsp3) is 0.400. The third-order valence-electron chi connectivity index (χ3n) is 3.43. The minimum atomic E-state index is 0.318. The Morgan fingerprint density at radius 1 is 1.42 bits per heavy atom. The third kappa shape index (κ3) is 3.58. The van der Waals surface area contributed by atoms with Gasteiger partial charge < -0.3 is 5.32 Å². The lowest BCUT2D eigenvalue weighted by Crippen LogP contribution is -2.17. The average Bonchev–Trinajstić information content (AvgIpc) is 2.80. The third-order valence-corrected chi connectivity index (χ3v) is 3.83. The number of halogens is 1. The molecule has 0 bridgehead atoms. The van der Waals surface area contributed by atoms with Crippen molar-refractivity contribution in [2.24, 2.45) is 7.05 Å². The summed E-state index contributed by atoms with van der Waals surface area (Å²) in [6.45, 7) is 2.02. The van der Waals surface area contributed by atoms with Crippen LogP contribution in [0.25, 0.3) is 0 Å². The van der Waals surface area contributed by atoms with Crippen LogP contribution in [0.15, 0.2) is 30.6 Å². The van der Waals surface area contributed by atoms with Gasteiger partial charge in [-0.1, -0.05) is 23.7 Å². The molecular formula is C15H20ClN3. The van der Waals surface area contributed by atoms with Gasteiger partial charge in [-0.25, -0.2) is 0 Å². The van der Waals surface area contributed by atoms with E-state index in [1.807, 2.05) is 31.9 Å². The van der Waals surface area contributed by atoms with Crippen molar-refractivity contribution in [2.45, 2.75) is 25.8 Å². The molecule has 1 unspecified atom stereocenters. The van der Waals surface area contributed by atoms with E-state index in [0.717, 1.165) is 23.4 Å². The quantitative estimate of drug-likeness (QED) is 0.909. The molecule has 4 heteroatoms. The van der Waals surface area contributed by atoms with Gasteiger partial charge in [-0.15, -0.1) is 0 Å². The number of benzene rings is 1. The molecule has 3 nitrogen and oxygen atoms in total. The lowest BCUT2D eigenvalue weighted by atomic mass is 9.99. The second-order valence-corrected chi connectivity index (χ2v) is 5.32. The van der Waals surface area contributed by atoms with Crippen molar-refractivity contribution in [1.29, 1.82) is 0 Å². The van der Waals surface area contributed by atoms with Gasteiger partial charge in [-0.3, -0.25) is 4.68 Å². The molecule has 1 aromatic carbocycles. The molecule has 2 rings (SSSR count). The molecule has 1 atom stereocenters. The molecule has 1 aromatic heterocycles. The van der Waals surface area contributed by atoms with Gasteiger partial charge in [0.05, 0.1) is 6.20 Å². The highest BCUT2D eigenvalue weighted by Gasteiger charge is 2.11. The Balaban J connectivity index is 2.05. The van der Waals surface area contributed by atoms with E-state index in [9.17, 15) is 0 Å². The fourth-order valence-corrected chi connectivity index (χ4v) is 2.40. The first-order valence-corrected chi connectivity index (χ1v) is 6.89. The first-order valence-electron chi connectivity index (χ1n) is 6.51. The highest BCUT2D eigenvalue weighted by molar-refractivity contribution is 6.31. The van der Waals surface area contributed by atoms with Gasteiger partial charge in [0.1, 0.15) is 0 Å². The van der Waals surface area contributed by atoms with Gasteiger partial charge in [0.25, 0.3) is 0 Å². The van der Waals surface area contributed by atoms with Crippen LogP contribution >= 0.6 is 11.6 Å². The molecule has 0 radical (unpaired) electrons. The molecule has 0 aliphatic rings. The van der Waals surface area contributed by atoms with Crippen LogP contribution in [-0.2, 0) is 13.5 Å². The van der Waals surface area contributed by atoms with Crippen molar-refractivity contribution in [1.82, 2.24) is 15.1 Å². The second-order valence-electron chi connectivity index (χ2n) is 4.91. The van der Waals surface area contributed by atoms with Crippen LogP contribution in [0.5, 0.6) is 0 Å². The summed E-state index contributed by atoms with van der Waals surface area (Å²) in [7, 11) is 3.93. The number of aromatic nitrogens is 2. The van der Waals surface area contributed by atoms with E-state index < -0.39 is 0 Å². The summed E-state index contributed by atoms with van der Waals surface area (Å²) in [5.74, 6) is 0. The van der Waals surface area contributed by atoms with Crippen molar-refractivity contribution in [3.05, 3.63) is 52.3 Å². The summed E-state index contributed by atoms with van der Waals surface area (Å²) in [6, 6.07) is 6.59. The van der Waals surface area contributed by atoms with Crippen molar-refractivity contribution in [3.8, 4) is 0 Å². The van der Waals surface area contributed by atoms with E-state index in [4.69, 9.17) is 11.6 Å². The zero-order valence-corrected chi connectivity index (χ0v) is 12.4. The molecule has 0 spiro atoms. The minimum Gasteiger partial charge on any atom is -0.313 e. The van der Waals surface area contributed by atoms with Crippen molar-refractivity contribution in [3.63, 3.8) is 0 Å². The average molecular weight is 278 g/mol. The van der Waals surface area contributed by atoms with Gasteiger partial charge >= 0.3 is 0 Å². The van der Waals surface area contributed by atoms with Crippen molar-refractivity contribution < 1.29 is 0 Å². The molecule has 1 heterocycles. The molecule has 0 aliphatic heterocycles. The van der Waals surface area contributed by atoms with E-state index >= 15 is 0 Å². The zero-order chi connectivity index (χ0) is 13.8. The zero-order valence-electron chi connectivity index (χ0n) is 11.7. The fourth-order valence-electron chi connectivity index (χ4n) is 2.22. The first-order chi connectivity index (χ1) is 9.10. The van der Waals surface area contributed by atoms with E-state index in [1.165, 1.54) is 11.1 Å². The molecule has 0 fully saturated rings. The molecule has 0 amide bonds. The number of rotatable bonds is 5. The predicted octanol–water partition coefficient (Wildman–Crippen LogP) is 3.28. The smallest absolute Gasteiger partial charge is 0.0521 e. The first kappa shape index (κ1) is 14.1. The summed E-state index contributed by atoms with van der Waals surface area (Å²) in [4.78, 5) is 0. The van der Waals surface area contributed by atoms with E-state index in [-0.39, 0.29) is 0 Å². The standard InChI is InChI=1S/C15H20ClN3/c1-11-4-6-13(8-14(11)16)15(17-2)7-5-12-9-18-19(3)10-12/h4,6,8-10,15,17H,5,7H2,1-3H3. The maximum absolute atomic E-state index is 6.19. The summed E-state index contributed by atoms with van der Waals surface area (Å²) in [5, 5.41) is 8.38. The van der Waals surface area contributed by atoms with Gasteiger partial charge in [-0.2, -0.15) is 5.10 Å². The van der Waals surface area contributed by atoms with E-state index in [1.54, 1.807) is 0 Å². The normalized spacial score (nSPS) is 12.6. The lowest BCUT2D eigenvalue weighted by molar-refractivity contribution is 0.549. The Kier molecular flexibility index (Phi) is 4.61. The highest BCUT2D eigenvalue weighted by Crippen LogP contribution is 2.24. The minimum absolute atomic E-state index is 0.318. The Bertz CT molecular complexity index is 548. The molecule has 2 aromatic rings. The molecule has 0 aliphatic carbocycles. The summed E-state index contributed by atoms with van der Waals surface area (Å²) < 4.78 is 1.84. The van der Waals surface area contributed by atoms with Crippen LogP contribution < -0.4 is 5.32 Å². The van der Waals surface area contributed by atoms with Crippen molar-refractivity contribution >= 4 is 11.6 Å². The van der Waals surface area contributed by atoms with Gasteiger partial charge in [-0.05, 0) is 49.6 Å². The number of nitrogens with zero attached hydrogens (tertiary/aromatic N) is 2. The highest BCUT2D eigenvalue weighted by atomic mass is 35.5. The van der Waals surface area contributed by atoms with Gasteiger partial charge in [0.2, 0.25) is 0 Å². The van der Waals surface area contributed by atoms with Crippen LogP contribution in [0, 0.1) is 6.92 Å². The number of hydrogen-bond acceptors (Lipinski definition) is 2. The van der Waals surface area contributed by atoms with Crippen LogP contribution in [0.4, 0.5) is 0 Å². The molecule has 1 N–H and O–H groups in total. The number of hydrogen-bond donors (Lipinski definition) is 1. The summed E-state index contributed by atoms with van der Waals surface area (Å²) >= 11 is 6.19. The van der Waals surface area contributed by atoms with Crippen LogP contribution in [0.3, 0.4) is 0 Å². The summed E-state index contributed by atoms with van der Waals surface area (Å²) in [6.07, 6.45) is 6.02. The van der Waals surface area contributed by atoms with Gasteiger partial charge in [0.15, 0.2) is 0 Å². The van der Waals surface area contributed by atoms with E-state index in [2.05, 4.69) is 34.8 Å². The summed E-state index contributed by atoms with van der Waals surface area (Å²) in [5.41, 5.74) is 3.62. The molecular weight excluding hydrogens is 258 g/mol. The Labute approximate surface area is 119 Å². The maximum Gasteiger partial charge on any atom is 0.0521 e. The maximum atomic E-state index is 6.19. The molecule has 102 valence electrons. The van der Waals surface area contributed by atoms with Crippen LogP contribution in [0.2, 0.25) is 5.02 Å². The molecule has 0 saturated carbocycles. The largest absolute Gasteiger partial charge is 0.313 e. The Hall–Kier alpha value is -1.32. The van der Waals surface area contributed by atoms with Gasteiger partial charge in [0, 0.05) is 24.3 Å². The molecule has 19 heavy (non-hydrogen) atoms.